The van der Waals surface area contributed by atoms with Crippen LogP contribution in [0, 0.1) is 0 Å². The lowest BCUT2D eigenvalue weighted by Gasteiger charge is -2.15. The highest BCUT2D eigenvalue weighted by Gasteiger charge is 2.18. The van der Waals surface area contributed by atoms with Gasteiger partial charge in [-0.3, -0.25) is 0 Å². The average molecular weight is 717 g/mol. The van der Waals surface area contributed by atoms with E-state index in [1.54, 1.807) is 0 Å². The normalized spacial score (nSPS) is 11.6. The number of hydrogen-bond acceptors (Lipinski definition) is 3. The zero-order chi connectivity index (χ0) is 36.3. The van der Waals surface area contributed by atoms with E-state index in [4.69, 9.17) is 9.97 Å². The van der Waals surface area contributed by atoms with E-state index in [1.807, 2.05) is 17.4 Å². The smallest absolute Gasteiger partial charge is 0.0979 e. The van der Waals surface area contributed by atoms with Crippen molar-refractivity contribution in [3.63, 3.8) is 0 Å². The van der Waals surface area contributed by atoms with Crippen LogP contribution in [0.25, 0.3) is 109 Å². The van der Waals surface area contributed by atoms with Crippen molar-refractivity contribution in [1.29, 1.82) is 0 Å². The molecule has 0 saturated heterocycles. The molecule has 55 heavy (non-hydrogen) atoms. The van der Waals surface area contributed by atoms with Gasteiger partial charge in [0.05, 0.1) is 22.4 Å². The topological polar surface area (TPSA) is 25.8 Å². The molecule has 0 unspecified atom stereocenters. The summed E-state index contributed by atoms with van der Waals surface area (Å²) in [6, 6.07) is 69.6. The van der Waals surface area contributed by atoms with Crippen molar-refractivity contribution in [3.8, 4) is 55.9 Å². The van der Waals surface area contributed by atoms with Crippen molar-refractivity contribution in [2.75, 3.05) is 0 Å². The molecule has 0 aliphatic rings. The Morgan fingerprint density at radius 1 is 0.291 bits per heavy atom. The van der Waals surface area contributed by atoms with Crippen LogP contribution in [0.2, 0.25) is 0 Å². The number of nitrogens with zero attached hydrogens (tertiary/aromatic N) is 2. The van der Waals surface area contributed by atoms with Crippen LogP contribution in [-0.4, -0.2) is 9.97 Å². The van der Waals surface area contributed by atoms with E-state index >= 15 is 0 Å². The Morgan fingerprint density at radius 2 is 0.745 bits per heavy atom. The fraction of sp³-hybridized carbons (Fsp3) is 0. The summed E-state index contributed by atoms with van der Waals surface area (Å²) in [7, 11) is 0. The molecule has 2 heterocycles. The molecule has 0 saturated carbocycles. The van der Waals surface area contributed by atoms with E-state index in [0.29, 0.717) is 0 Å². The van der Waals surface area contributed by atoms with Gasteiger partial charge in [-0.2, -0.15) is 0 Å². The summed E-state index contributed by atoms with van der Waals surface area (Å²) in [5.74, 6) is 0. The fourth-order valence-corrected chi connectivity index (χ4v) is 9.44. The molecule has 0 N–H and O–H groups in total. The summed E-state index contributed by atoms with van der Waals surface area (Å²) >= 11 is 1.87. The molecule has 0 aliphatic heterocycles. The van der Waals surface area contributed by atoms with Gasteiger partial charge in [0.15, 0.2) is 0 Å². The molecule has 0 aliphatic carbocycles. The van der Waals surface area contributed by atoms with E-state index in [9.17, 15) is 0 Å². The van der Waals surface area contributed by atoms with Crippen LogP contribution in [0.3, 0.4) is 0 Å². The molecule has 0 amide bonds. The molecule has 11 aromatic rings. The Bertz CT molecular complexity index is 3250. The molecule has 256 valence electrons. The van der Waals surface area contributed by atoms with Gasteiger partial charge in [0.2, 0.25) is 0 Å². The molecule has 0 fully saturated rings. The van der Waals surface area contributed by atoms with Gasteiger partial charge in [-0.1, -0.05) is 176 Å². The van der Waals surface area contributed by atoms with Crippen LogP contribution >= 0.6 is 11.3 Å². The second-order valence-corrected chi connectivity index (χ2v) is 15.1. The number of thiophene rings is 1. The van der Waals surface area contributed by atoms with Crippen LogP contribution in [0.15, 0.2) is 194 Å². The van der Waals surface area contributed by atoms with E-state index in [2.05, 4.69) is 188 Å². The Labute approximate surface area is 322 Å². The summed E-state index contributed by atoms with van der Waals surface area (Å²) in [5, 5.41) is 7.26. The Kier molecular flexibility index (Phi) is 7.39. The molecular formula is C52H32N2S. The van der Waals surface area contributed by atoms with Crippen LogP contribution in [0.1, 0.15) is 0 Å². The molecule has 0 atom stereocenters. The van der Waals surface area contributed by atoms with E-state index < -0.39 is 0 Å². The molecule has 3 heteroatoms. The number of aromatic nitrogens is 2. The zero-order valence-corrected chi connectivity index (χ0v) is 30.6. The minimum atomic E-state index is 0.876. The highest BCUT2D eigenvalue weighted by molar-refractivity contribution is 7.26. The summed E-state index contributed by atoms with van der Waals surface area (Å²) in [6.07, 6.45) is 0. The summed E-state index contributed by atoms with van der Waals surface area (Å²) < 4.78 is 2.67. The standard InChI is InChI=1S/C52H32N2S/c1-2-13-35(14-3-1)48-49(54-51-45-23-7-5-20-42(45)41-19-4-6-22-44(41)50(51)53-48)39-18-11-17-38(32-39)37-16-10-15-36(31-37)33-27-29-34(30-28-33)40-24-12-25-46-43-21-8-9-26-47(43)55-52(40)46/h1-32H. The van der Waals surface area contributed by atoms with Crippen LogP contribution in [-0.2, 0) is 0 Å². The second-order valence-electron chi connectivity index (χ2n) is 14.1. The molecule has 2 nitrogen and oxygen atoms in total. The van der Waals surface area contributed by atoms with Gasteiger partial charge in [-0.05, 0) is 62.4 Å². The maximum absolute atomic E-state index is 5.50. The molecule has 0 radical (unpaired) electrons. The number of rotatable bonds is 5. The predicted molar refractivity (Wildman–Crippen MR) is 235 cm³/mol. The zero-order valence-electron chi connectivity index (χ0n) is 29.8. The number of hydrogen-bond donors (Lipinski definition) is 0. The van der Waals surface area contributed by atoms with E-state index in [-0.39, 0.29) is 0 Å². The largest absolute Gasteiger partial charge is 0.243 e. The summed E-state index contributed by atoms with van der Waals surface area (Å²) in [4.78, 5) is 11.0. The van der Waals surface area contributed by atoms with Crippen molar-refractivity contribution < 1.29 is 0 Å². The highest BCUT2D eigenvalue weighted by Crippen LogP contribution is 2.41. The Hall–Kier alpha value is -6.94. The monoisotopic (exact) mass is 716 g/mol. The first-order chi connectivity index (χ1) is 27.3. The lowest BCUT2D eigenvalue weighted by molar-refractivity contribution is 1.31. The van der Waals surface area contributed by atoms with E-state index in [1.165, 1.54) is 53.2 Å². The van der Waals surface area contributed by atoms with E-state index in [0.717, 1.165) is 55.4 Å². The van der Waals surface area contributed by atoms with Gasteiger partial charge in [0.25, 0.3) is 0 Å². The summed E-state index contributed by atoms with van der Waals surface area (Å²) in [5.41, 5.74) is 12.9. The van der Waals surface area contributed by atoms with Gasteiger partial charge in [0.1, 0.15) is 0 Å². The third-order valence-corrected chi connectivity index (χ3v) is 12.1. The van der Waals surface area contributed by atoms with Crippen molar-refractivity contribution in [3.05, 3.63) is 194 Å². The van der Waals surface area contributed by atoms with Gasteiger partial charge in [-0.25, -0.2) is 9.97 Å². The Balaban J connectivity index is 1.01. The minimum Gasteiger partial charge on any atom is -0.243 e. The summed E-state index contributed by atoms with van der Waals surface area (Å²) in [6.45, 7) is 0. The first-order valence-corrected chi connectivity index (χ1v) is 19.5. The number of benzene rings is 9. The van der Waals surface area contributed by atoms with Crippen LogP contribution < -0.4 is 0 Å². The average Bonchev–Trinajstić information content (AvgIpc) is 3.66. The molecule has 0 bridgehead atoms. The fourth-order valence-electron chi connectivity index (χ4n) is 8.20. The first-order valence-electron chi connectivity index (χ1n) is 18.7. The lowest BCUT2D eigenvalue weighted by Crippen LogP contribution is -1.97. The second kappa shape index (κ2) is 12.9. The molecule has 2 aromatic heterocycles. The maximum Gasteiger partial charge on any atom is 0.0979 e. The van der Waals surface area contributed by atoms with Gasteiger partial charge in [-0.15, -0.1) is 11.3 Å². The van der Waals surface area contributed by atoms with Gasteiger partial charge >= 0.3 is 0 Å². The molecule has 9 aromatic carbocycles. The van der Waals surface area contributed by atoms with Crippen LogP contribution in [0.5, 0.6) is 0 Å². The van der Waals surface area contributed by atoms with Crippen molar-refractivity contribution in [2.45, 2.75) is 0 Å². The van der Waals surface area contributed by atoms with Crippen molar-refractivity contribution >= 4 is 64.1 Å². The first kappa shape index (κ1) is 31.6. The van der Waals surface area contributed by atoms with Crippen molar-refractivity contribution in [2.24, 2.45) is 0 Å². The third kappa shape index (κ3) is 5.32. The maximum atomic E-state index is 5.50. The molecular weight excluding hydrogens is 685 g/mol. The molecule has 11 rings (SSSR count). The Morgan fingerprint density at radius 3 is 1.42 bits per heavy atom. The third-order valence-electron chi connectivity index (χ3n) is 10.9. The van der Waals surface area contributed by atoms with Gasteiger partial charge in [0, 0.05) is 42.1 Å². The quantitative estimate of drug-likeness (QED) is 0.166. The van der Waals surface area contributed by atoms with Crippen LogP contribution in [0.4, 0.5) is 0 Å². The highest BCUT2D eigenvalue weighted by atomic mass is 32.1. The van der Waals surface area contributed by atoms with Crippen molar-refractivity contribution in [1.82, 2.24) is 9.97 Å². The predicted octanol–water partition coefficient (Wildman–Crippen LogP) is 14.6. The minimum absolute atomic E-state index is 0.876. The lowest BCUT2D eigenvalue weighted by atomic mass is 9.95. The SMILES string of the molecule is c1ccc(-c2nc3c4ccccc4c4ccccc4c3nc2-c2cccc(-c3cccc(-c4ccc(-c5cccc6c5sc5ccccc56)cc4)c3)c2)cc1. The van der Waals surface area contributed by atoms with Gasteiger partial charge < -0.3 is 0 Å². The number of fused-ring (bicyclic) bond motifs is 9. The molecule has 0 spiro atoms.